The van der Waals surface area contributed by atoms with Crippen molar-refractivity contribution in [3.63, 3.8) is 0 Å². The summed E-state index contributed by atoms with van der Waals surface area (Å²) < 4.78 is 0. The normalized spacial score (nSPS) is 16.9. The van der Waals surface area contributed by atoms with E-state index in [1.54, 1.807) is 6.08 Å². The summed E-state index contributed by atoms with van der Waals surface area (Å²) in [4.78, 5) is 0. The van der Waals surface area contributed by atoms with Gasteiger partial charge in [0, 0.05) is 11.8 Å². The van der Waals surface area contributed by atoms with Crippen LogP contribution in [0.25, 0.3) is 0 Å². The van der Waals surface area contributed by atoms with E-state index in [0.717, 1.165) is 18.4 Å². The molecule has 0 bridgehead atoms. The van der Waals surface area contributed by atoms with Crippen molar-refractivity contribution in [3.8, 4) is 0 Å². The molecule has 2 N–H and O–H groups in total. The van der Waals surface area contributed by atoms with Crippen LogP contribution in [0.5, 0.6) is 0 Å². The minimum absolute atomic E-state index is 0.317. The molecule has 2 nitrogen and oxygen atoms in total. The van der Waals surface area contributed by atoms with Gasteiger partial charge in [-0.25, -0.2) is 0 Å². The van der Waals surface area contributed by atoms with Gasteiger partial charge >= 0.3 is 0 Å². The summed E-state index contributed by atoms with van der Waals surface area (Å²) in [5, 5.41) is 16.2. The molecule has 0 spiro atoms. The van der Waals surface area contributed by atoms with Crippen LogP contribution in [0.15, 0.2) is 23.0 Å². The minimum atomic E-state index is 0.317. The highest BCUT2D eigenvalue weighted by Crippen LogP contribution is 2.32. The van der Waals surface area contributed by atoms with Crippen molar-refractivity contribution in [1.82, 2.24) is 0 Å². The molecule has 0 unspecified atom stereocenters. The molecule has 1 aliphatic carbocycles. The number of allylic oxidation sites excluding steroid dienone is 3. The van der Waals surface area contributed by atoms with Crippen LogP contribution in [0, 0.1) is 5.41 Å². The Morgan fingerprint density at radius 2 is 2.20 bits per heavy atom. The summed E-state index contributed by atoms with van der Waals surface area (Å²) >= 11 is 0. The van der Waals surface area contributed by atoms with Gasteiger partial charge in [0.2, 0.25) is 0 Å². The maximum Gasteiger partial charge on any atom is 0.123 e. The quantitative estimate of drug-likeness (QED) is 0.444. The van der Waals surface area contributed by atoms with Gasteiger partial charge in [0.1, 0.15) is 5.76 Å². The SMILES string of the molecule is C/C=C(\C=N)C(O)=C1CC1. The van der Waals surface area contributed by atoms with E-state index in [1.807, 2.05) is 6.92 Å². The van der Waals surface area contributed by atoms with Crippen molar-refractivity contribution in [2.24, 2.45) is 0 Å². The zero-order chi connectivity index (χ0) is 7.56. The third-order valence-corrected chi connectivity index (χ3v) is 1.57. The fraction of sp³-hybridized carbons (Fsp3) is 0.375. The van der Waals surface area contributed by atoms with Crippen LogP contribution in [-0.4, -0.2) is 11.3 Å². The fourth-order valence-corrected chi connectivity index (χ4v) is 0.792. The molecule has 0 aromatic heterocycles. The number of hydrogen-bond donors (Lipinski definition) is 2. The Kier molecular flexibility index (Phi) is 1.90. The van der Waals surface area contributed by atoms with Gasteiger partial charge in [-0.05, 0) is 25.3 Å². The second kappa shape index (κ2) is 2.69. The van der Waals surface area contributed by atoms with E-state index in [2.05, 4.69) is 0 Å². The maximum atomic E-state index is 9.31. The van der Waals surface area contributed by atoms with Crippen molar-refractivity contribution < 1.29 is 5.11 Å². The highest BCUT2D eigenvalue weighted by Gasteiger charge is 2.18. The number of hydrogen-bond acceptors (Lipinski definition) is 2. The van der Waals surface area contributed by atoms with Gasteiger partial charge in [-0.2, -0.15) is 0 Å². The second-order valence-electron chi connectivity index (χ2n) is 2.34. The fourth-order valence-electron chi connectivity index (χ4n) is 0.792. The highest BCUT2D eigenvalue weighted by atomic mass is 16.3. The predicted octanol–water partition coefficient (Wildman–Crippen LogP) is 2.19. The first-order valence-corrected chi connectivity index (χ1v) is 3.37. The van der Waals surface area contributed by atoms with Crippen molar-refractivity contribution >= 4 is 6.21 Å². The number of nitrogens with one attached hydrogen (secondary N) is 1. The first-order chi connectivity index (χ1) is 4.79. The Balaban J connectivity index is 2.81. The van der Waals surface area contributed by atoms with E-state index in [1.165, 1.54) is 6.21 Å². The molecule has 0 amide bonds. The van der Waals surface area contributed by atoms with Crippen LogP contribution in [0.1, 0.15) is 19.8 Å². The van der Waals surface area contributed by atoms with E-state index in [0.29, 0.717) is 11.3 Å². The van der Waals surface area contributed by atoms with Gasteiger partial charge in [0.25, 0.3) is 0 Å². The Morgan fingerprint density at radius 3 is 2.50 bits per heavy atom. The van der Waals surface area contributed by atoms with Crippen LogP contribution >= 0.6 is 0 Å². The summed E-state index contributed by atoms with van der Waals surface area (Å²) in [6, 6.07) is 0. The Bertz CT molecular complexity index is 207. The van der Waals surface area contributed by atoms with Crippen molar-refractivity contribution in [3.05, 3.63) is 23.0 Å². The Labute approximate surface area is 60.4 Å². The minimum Gasteiger partial charge on any atom is -0.507 e. The lowest BCUT2D eigenvalue weighted by Crippen LogP contribution is -1.88. The Morgan fingerprint density at radius 1 is 1.60 bits per heavy atom. The molecule has 1 aliphatic rings. The third-order valence-electron chi connectivity index (χ3n) is 1.57. The van der Waals surface area contributed by atoms with Crippen LogP contribution < -0.4 is 0 Å². The smallest absolute Gasteiger partial charge is 0.123 e. The average Bonchev–Trinajstić information content (AvgIpc) is 2.71. The van der Waals surface area contributed by atoms with Crippen molar-refractivity contribution in [2.75, 3.05) is 0 Å². The van der Waals surface area contributed by atoms with Gasteiger partial charge in [0.05, 0.1) is 0 Å². The molecule has 1 fully saturated rings. The first-order valence-electron chi connectivity index (χ1n) is 3.37. The molecular formula is C8H11NO. The average molecular weight is 137 g/mol. The molecule has 1 rings (SSSR count). The molecule has 0 aliphatic heterocycles. The molecular weight excluding hydrogens is 126 g/mol. The zero-order valence-corrected chi connectivity index (χ0v) is 6.02. The maximum absolute atomic E-state index is 9.31. The lowest BCUT2D eigenvalue weighted by molar-refractivity contribution is 0.425. The van der Waals surface area contributed by atoms with E-state index < -0.39 is 0 Å². The van der Waals surface area contributed by atoms with Crippen molar-refractivity contribution in [2.45, 2.75) is 19.8 Å². The second-order valence-corrected chi connectivity index (χ2v) is 2.34. The van der Waals surface area contributed by atoms with Gasteiger partial charge < -0.3 is 10.5 Å². The zero-order valence-electron chi connectivity index (χ0n) is 6.02. The summed E-state index contributed by atoms with van der Waals surface area (Å²) in [5.74, 6) is 0.317. The Hall–Kier alpha value is -1.05. The molecule has 0 heterocycles. The number of aliphatic hydroxyl groups excluding tert-OH is 1. The summed E-state index contributed by atoms with van der Waals surface area (Å²) in [5.41, 5.74) is 1.71. The highest BCUT2D eigenvalue weighted by molar-refractivity contribution is 5.81. The van der Waals surface area contributed by atoms with Crippen LogP contribution in [0.2, 0.25) is 0 Å². The van der Waals surface area contributed by atoms with E-state index in [9.17, 15) is 5.11 Å². The summed E-state index contributed by atoms with van der Waals surface area (Å²) in [7, 11) is 0. The van der Waals surface area contributed by atoms with Gasteiger partial charge in [-0.3, -0.25) is 0 Å². The summed E-state index contributed by atoms with van der Waals surface area (Å²) in [6.07, 6.45) is 4.92. The van der Waals surface area contributed by atoms with Crippen LogP contribution in [0.4, 0.5) is 0 Å². The molecule has 0 aromatic carbocycles. The van der Waals surface area contributed by atoms with E-state index in [-0.39, 0.29) is 0 Å². The predicted molar refractivity (Wildman–Crippen MR) is 41.4 cm³/mol. The van der Waals surface area contributed by atoms with Crippen LogP contribution in [-0.2, 0) is 0 Å². The lowest BCUT2D eigenvalue weighted by Gasteiger charge is -1.95. The van der Waals surface area contributed by atoms with Gasteiger partial charge in [0.15, 0.2) is 0 Å². The van der Waals surface area contributed by atoms with Gasteiger partial charge in [-0.1, -0.05) is 6.08 Å². The number of rotatable bonds is 2. The monoisotopic (exact) mass is 137 g/mol. The largest absolute Gasteiger partial charge is 0.507 e. The lowest BCUT2D eigenvalue weighted by atomic mass is 10.2. The molecule has 1 saturated carbocycles. The molecule has 0 radical (unpaired) electrons. The molecule has 0 atom stereocenters. The standard InChI is InChI=1S/C8H11NO/c1-2-6(5-9)8(10)7-3-4-7/h2,5,9-10H,3-4H2,1H3/b6-2+,9-5?. The molecule has 0 aromatic rings. The third kappa shape index (κ3) is 1.26. The van der Waals surface area contributed by atoms with Crippen LogP contribution in [0.3, 0.4) is 0 Å². The molecule has 0 saturated heterocycles. The van der Waals surface area contributed by atoms with Crippen molar-refractivity contribution in [1.29, 1.82) is 5.41 Å². The molecule has 2 heteroatoms. The van der Waals surface area contributed by atoms with E-state index in [4.69, 9.17) is 5.41 Å². The topological polar surface area (TPSA) is 44.1 Å². The molecule has 54 valence electrons. The van der Waals surface area contributed by atoms with Gasteiger partial charge in [-0.15, -0.1) is 0 Å². The first kappa shape index (κ1) is 7.06. The summed E-state index contributed by atoms with van der Waals surface area (Å²) in [6.45, 7) is 1.82. The molecule has 10 heavy (non-hydrogen) atoms. The van der Waals surface area contributed by atoms with E-state index >= 15 is 0 Å². The number of aliphatic hydroxyl groups is 1.